The van der Waals surface area contributed by atoms with Gasteiger partial charge in [0.05, 0.1) is 19.8 Å². The maximum atomic E-state index is 14.5. The summed E-state index contributed by atoms with van der Waals surface area (Å²) in [6, 6.07) is 11.4. The molecule has 8 heteroatoms. The number of nitrogens with zero attached hydrogens (tertiary/aromatic N) is 3. The van der Waals surface area contributed by atoms with E-state index in [0.717, 1.165) is 11.3 Å². The summed E-state index contributed by atoms with van der Waals surface area (Å²) in [7, 11) is 3.14. The number of aromatic nitrogens is 3. The van der Waals surface area contributed by atoms with E-state index >= 15 is 0 Å². The van der Waals surface area contributed by atoms with Crippen molar-refractivity contribution in [1.82, 2.24) is 14.8 Å². The van der Waals surface area contributed by atoms with Crippen molar-refractivity contribution in [3.63, 3.8) is 0 Å². The Balaban J connectivity index is 1.71. The molecule has 1 aliphatic carbocycles. The molecule has 0 spiro atoms. The second-order valence-electron chi connectivity index (χ2n) is 9.16. The molecular formula is C25H25FN4O3. The van der Waals surface area contributed by atoms with Crippen molar-refractivity contribution in [3.8, 4) is 22.9 Å². The average molecular weight is 448 g/mol. The van der Waals surface area contributed by atoms with Crippen molar-refractivity contribution < 1.29 is 18.7 Å². The summed E-state index contributed by atoms with van der Waals surface area (Å²) in [6.07, 6.45) is 1.13. The van der Waals surface area contributed by atoms with Gasteiger partial charge in [0.1, 0.15) is 11.9 Å². The lowest BCUT2D eigenvalue weighted by Gasteiger charge is -2.38. The van der Waals surface area contributed by atoms with Crippen LogP contribution in [-0.4, -0.2) is 34.8 Å². The molecule has 0 radical (unpaired) electrons. The highest BCUT2D eigenvalue weighted by Crippen LogP contribution is 2.46. The van der Waals surface area contributed by atoms with Crippen LogP contribution in [0.15, 0.2) is 53.7 Å². The quantitative estimate of drug-likeness (QED) is 0.620. The maximum absolute atomic E-state index is 14.5. The van der Waals surface area contributed by atoms with Crippen LogP contribution in [-0.2, 0) is 4.79 Å². The van der Waals surface area contributed by atoms with Gasteiger partial charge in [-0.15, -0.1) is 5.10 Å². The van der Waals surface area contributed by atoms with Gasteiger partial charge in [0.15, 0.2) is 23.1 Å². The topological polar surface area (TPSA) is 78.3 Å². The Morgan fingerprint density at radius 2 is 1.85 bits per heavy atom. The zero-order chi connectivity index (χ0) is 23.3. The first kappa shape index (κ1) is 21.2. The van der Waals surface area contributed by atoms with E-state index in [0.29, 0.717) is 41.4 Å². The van der Waals surface area contributed by atoms with E-state index in [4.69, 9.17) is 9.47 Å². The van der Waals surface area contributed by atoms with Crippen LogP contribution in [0.4, 0.5) is 10.3 Å². The zero-order valence-corrected chi connectivity index (χ0v) is 19.0. The highest BCUT2D eigenvalue weighted by molar-refractivity contribution is 6.00. The molecule has 170 valence electrons. The van der Waals surface area contributed by atoms with Crippen molar-refractivity contribution in [2.45, 2.75) is 32.7 Å². The Morgan fingerprint density at radius 1 is 1.09 bits per heavy atom. The number of hydrogen-bond donors (Lipinski definition) is 1. The average Bonchev–Trinajstić information content (AvgIpc) is 3.20. The molecule has 2 aromatic carbocycles. The third-order valence-corrected chi connectivity index (χ3v) is 6.17. The number of anilines is 1. The number of rotatable bonds is 4. The number of ketones is 1. The van der Waals surface area contributed by atoms with Crippen LogP contribution in [0.25, 0.3) is 11.4 Å². The van der Waals surface area contributed by atoms with Gasteiger partial charge in [0.2, 0.25) is 5.95 Å². The van der Waals surface area contributed by atoms with Gasteiger partial charge in [0, 0.05) is 17.7 Å². The van der Waals surface area contributed by atoms with Crippen molar-refractivity contribution in [2.75, 3.05) is 19.5 Å². The number of methoxy groups -OCH3 is 2. The predicted octanol–water partition coefficient (Wildman–Crippen LogP) is 4.76. The van der Waals surface area contributed by atoms with Crippen molar-refractivity contribution in [3.05, 3.63) is 65.1 Å². The molecule has 3 aromatic rings. The Bertz CT molecular complexity index is 1290. The van der Waals surface area contributed by atoms with E-state index in [-0.39, 0.29) is 17.0 Å². The fraction of sp³-hybridized carbons (Fsp3) is 0.320. The third-order valence-electron chi connectivity index (χ3n) is 6.17. The molecule has 1 N–H and O–H groups in total. The minimum Gasteiger partial charge on any atom is -0.493 e. The molecule has 0 saturated carbocycles. The van der Waals surface area contributed by atoms with Crippen LogP contribution in [0, 0.1) is 11.2 Å². The summed E-state index contributed by atoms with van der Waals surface area (Å²) in [6.45, 7) is 4.15. The molecule has 0 bridgehead atoms. The lowest BCUT2D eigenvalue weighted by molar-refractivity contribution is -0.118. The maximum Gasteiger partial charge on any atom is 0.226 e. The molecule has 0 fully saturated rings. The number of halogens is 1. The Hall–Kier alpha value is -3.68. The molecule has 1 atom stereocenters. The molecule has 5 rings (SSSR count). The Morgan fingerprint density at radius 3 is 2.58 bits per heavy atom. The zero-order valence-electron chi connectivity index (χ0n) is 19.0. The van der Waals surface area contributed by atoms with E-state index in [1.807, 2.05) is 18.2 Å². The Labute approximate surface area is 191 Å². The monoisotopic (exact) mass is 448 g/mol. The molecule has 0 saturated heterocycles. The number of carbonyl (C=O) groups excluding carboxylic acids is 1. The summed E-state index contributed by atoms with van der Waals surface area (Å²) in [4.78, 5) is 18.0. The molecular weight excluding hydrogens is 423 g/mol. The number of fused-ring (bicyclic) bond motifs is 1. The van der Waals surface area contributed by atoms with Gasteiger partial charge in [-0.05, 0) is 41.7 Å². The number of carbonyl (C=O) groups is 1. The molecule has 2 heterocycles. The van der Waals surface area contributed by atoms with E-state index < -0.39 is 11.9 Å². The summed E-state index contributed by atoms with van der Waals surface area (Å²) < 4.78 is 27.1. The van der Waals surface area contributed by atoms with Crippen molar-refractivity contribution in [1.29, 1.82) is 0 Å². The SMILES string of the molecule is COc1ccc(C2C3=C(CC(C)(C)CC3=O)Nc3nc(-c4ccccc4F)nn32)cc1OC. The number of allylic oxidation sites excluding steroid dienone is 2. The Kier molecular flexibility index (Phi) is 4.96. The normalized spacial score (nSPS) is 18.9. The van der Waals surface area contributed by atoms with Gasteiger partial charge in [-0.1, -0.05) is 32.0 Å². The lowest BCUT2D eigenvalue weighted by Crippen LogP contribution is -2.36. The first-order valence-corrected chi connectivity index (χ1v) is 10.8. The van der Waals surface area contributed by atoms with Crippen LogP contribution in [0.5, 0.6) is 11.5 Å². The van der Waals surface area contributed by atoms with Gasteiger partial charge in [-0.25, -0.2) is 9.07 Å². The van der Waals surface area contributed by atoms with Crippen LogP contribution in [0.3, 0.4) is 0 Å². The van der Waals surface area contributed by atoms with E-state index in [2.05, 4.69) is 29.2 Å². The summed E-state index contributed by atoms with van der Waals surface area (Å²) in [5, 5.41) is 7.96. The standard InChI is InChI=1S/C25H25FN4O3/c1-25(2)12-17-21(18(31)13-25)22(14-9-10-19(32-3)20(11-14)33-4)30-24(27-17)28-23(29-30)15-7-5-6-8-16(15)26/h5-11,22H,12-13H2,1-4H3,(H,27,28,29). The molecule has 0 amide bonds. The first-order valence-electron chi connectivity index (χ1n) is 10.8. The van der Waals surface area contributed by atoms with E-state index in [1.54, 1.807) is 37.1 Å². The first-order chi connectivity index (χ1) is 15.8. The van der Waals surface area contributed by atoms with Crippen molar-refractivity contribution >= 4 is 11.7 Å². The lowest BCUT2D eigenvalue weighted by atomic mass is 9.73. The van der Waals surface area contributed by atoms with Crippen LogP contribution >= 0.6 is 0 Å². The molecule has 7 nitrogen and oxygen atoms in total. The minimum absolute atomic E-state index is 0.0575. The van der Waals surface area contributed by atoms with Crippen LogP contribution in [0.1, 0.15) is 38.3 Å². The molecule has 33 heavy (non-hydrogen) atoms. The number of Topliss-reactive ketones (excluding diaryl/α,β-unsaturated/α-hetero) is 1. The fourth-order valence-electron chi connectivity index (χ4n) is 4.70. The number of ether oxygens (including phenoxy) is 2. The second-order valence-corrected chi connectivity index (χ2v) is 9.16. The van der Waals surface area contributed by atoms with Gasteiger partial charge in [-0.2, -0.15) is 4.98 Å². The van der Waals surface area contributed by atoms with E-state index in [1.165, 1.54) is 6.07 Å². The van der Waals surface area contributed by atoms with Gasteiger partial charge >= 0.3 is 0 Å². The number of nitrogens with one attached hydrogen (secondary N) is 1. The number of benzene rings is 2. The summed E-state index contributed by atoms with van der Waals surface area (Å²) in [5.74, 6) is 1.52. The molecule has 1 aromatic heterocycles. The van der Waals surface area contributed by atoms with Gasteiger partial charge in [-0.3, -0.25) is 4.79 Å². The van der Waals surface area contributed by atoms with Crippen LogP contribution in [0.2, 0.25) is 0 Å². The second kappa shape index (κ2) is 7.72. The minimum atomic E-state index is -0.521. The van der Waals surface area contributed by atoms with Crippen molar-refractivity contribution in [2.24, 2.45) is 5.41 Å². The van der Waals surface area contributed by atoms with Crippen LogP contribution < -0.4 is 14.8 Å². The fourth-order valence-corrected chi connectivity index (χ4v) is 4.70. The smallest absolute Gasteiger partial charge is 0.226 e. The highest BCUT2D eigenvalue weighted by atomic mass is 19.1. The molecule has 1 aliphatic heterocycles. The predicted molar refractivity (Wildman–Crippen MR) is 122 cm³/mol. The van der Waals surface area contributed by atoms with Gasteiger partial charge < -0.3 is 14.8 Å². The summed E-state index contributed by atoms with van der Waals surface area (Å²) >= 11 is 0. The summed E-state index contributed by atoms with van der Waals surface area (Å²) in [5.41, 5.74) is 2.41. The largest absolute Gasteiger partial charge is 0.493 e. The highest BCUT2D eigenvalue weighted by Gasteiger charge is 2.42. The molecule has 1 unspecified atom stereocenters. The molecule has 2 aliphatic rings. The van der Waals surface area contributed by atoms with Gasteiger partial charge in [0.25, 0.3) is 0 Å². The third kappa shape index (κ3) is 3.55. The number of hydrogen-bond acceptors (Lipinski definition) is 6. The van der Waals surface area contributed by atoms with E-state index in [9.17, 15) is 9.18 Å².